The molecule has 0 saturated heterocycles. The predicted molar refractivity (Wildman–Crippen MR) is 126 cm³/mol. The molecule has 174 valence electrons. The Morgan fingerprint density at radius 2 is 1.82 bits per heavy atom. The first kappa shape index (κ1) is 24.2. The summed E-state index contributed by atoms with van der Waals surface area (Å²) in [6, 6.07) is 16.9. The van der Waals surface area contributed by atoms with Crippen molar-refractivity contribution >= 4 is 21.6 Å². The summed E-state index contributed by atoms with van der Waals surface area (Å²) in [6.07, 6.45) is 1.69. The lowest BCUT2D eigenvalue weighted by Crippen LogP contribution is -2.31. The van der Waals surface area contributed by atoms with Crippen molar-refractivity contribution < 1.29 is 22.7 Å². The first-order valence-electron chi connectivity index (χ1n) is 10.5. The summed E-state index contributed by atoms with van der Waals surface area (Å²) >= 11 is 0. The molecule has 3 aromatic rings. The highest BCUT2D eigenvalue weighted by atomic mass is 32.2. The lowest BCUT2D eigenvalue weighted by molar-refractivity contribution is 0.102. The van der Waals surface area contributed by atoms with Gasteiger partial charge in [0.1, 0.15) is 23.0 Å². The zero-order chi connectivity index (χ0) is 23.8. The summed E-state index contributed by atoms with van der Waals surface area (Å²) in [7, 11) is -2.42. The molecule has 0 aliphatic rings. The monoisotopic (exact) mass is 469 g/mol. The number of hydrogen-bond donors (Lipinski definition) is 1. The van der Waals surface area contributed by atoms with Crippen molar-refractivity contribution in [1.29, 1.82) is 0 Å². The Bertz CT molecular complexity index is 1200. The van der Waals surface area contributed by atoms with E-state index in [1.807, 2.05) is 18.2 Å². The molecule has 0 unspecified atom stereocenters. The summed E-state index contributed by atoms with van der Waals surface area (Å²) in [5, 5.41) is 2.79. The largest absolute Gasteiger partial charge is 0.495 e. The number of sulfonamides is 1. The van der Waals surface area contributed by atoms with Crippen LogP contribution in [-0.4, -0.2) is 43.8 Å². The van der Waals surface area contributed by atoms with Crippen LogP contribution >= 0.6 is 0 Å². The van der Waals surface area contributed by atoms with Gasteiger partial charge in [-0.3, -0.25) is 9.78 Å². The van der Waals surface area contributed by atoms with Crippen molar-refractivity contribution in [2.45, 2.75) is 25.3 Å². The van der Waals surface area contributed by atoms with Crippen molar-refractivity contribution in [1.82, 2.24) is 9.29 Å². The average molecular weight is 470 g/mol. The van der Waals surface area contributed by atoms with Crippen molar-refractivity contribution in [3.8, 4) is 11.5 Å². The van der Waals surface area contributed by atoms with Crippen LogP contribution in [0.3, 0.4) is 0 Å². The van der Waals surface area contributed by atoms with Crippen LogP contribution in [0.15, 0.2) is 71.8 Å². The molecule has 0 radical (unpaired) electrons. The molecule has 1 heterocycles. The van der Waals surface area contributed by atoms with Crippen LogP contribution in [0.4, 0.5) is 5.69 Å². The number of anilines is 1. The molecule has 0 saturated carbocycles. The number of carbonyl (C=O) groups is 1. The number of pyridine rings is 1. The zero-order valence-electron chi connectivity index (χ0n) is 18.8. The van der Waals surface area contributed by atoms with E-state index in [9.17, 15) is 13.2 Å². The second kappa shape index (κ2) is 10.9. The van der Waals surface area contributed by atoms with E-state index in [1.165, 1.54) is 29.6 Å². The Balaban J connectivity index is 1.79. The van der Waals surface area contributed by atoms with Gasteiger partial charge >= 0.3 is 0 Å². The van der Waals surface area contributed by atoms with Crippen LogP contribution in [0.5, 0.6) is 11.5 Å². The van der Waals surface area contributed by atoms with Gasteiger partial charge in [-0.15, -0.1) is 0 Å². The molecule has 0 aliphatic carbocycles. The van der Waals surface area contributed by atoms with Gasteiger partial charge in [-0.25, -0.2) is 8.42 Å². The van der Waals surface area contributed by atoms with Gasteiger partial charge < -0.3 is 14.8 Å². The second-order valence-electron chi connectivity index (χ2n) is 7.05. The molecule has 9 heteroatoms. The van der Waals surface area contributed by atoms with Gasteiger partial charge in [0, 0.05) is 36.6 Å². The SMILES string of the molecule is CCN(CC)S(=O)(=O)c1cc(C(=O)Nc2cccc(OCc3ccccn3)c2)ccc1OC. The summed E-state index contributed by atoms with van der Waals surface area (Å²) < 4.78 is 38.4. The molecule has 1 amide bonds. The van der Waals surface area contributed by atoms with Crippen LogP contribution in [0.25, 0.3) is 0 Å². The maximum Gasteiger partial charge on any atom is 0.255 e. The van der Waals surface area contributed by atoms with Crippen molar-refractivity contribution in [2.24, 2.45) is 0 Å². The molecule has 33 heavy (non-hydrogen) atoms. The summed E-state index contributed by atoms with van der Waals surface area (Å²) in [5.41, 5.74) is 1.50. The summed E-state index contributed by atoms with van der Waals surface area (Å²) in [5.74, 6) is 0.303. The number of carbonyl (C=O) groups excluding carboxylic acids is 1. The molecule has 0 bridgehead atoms. The topological polar surface area (TPSA) is 97.8 Å². The number of amides is 1. The highest BCUT2D eigenvalue weighted by Crippen LogP contribution is 2.28. The summed E-state index contributed by atoms with van der Waals surface area (Å²) in [6.45, 7) is 4.43. The maximum atomic E-state index is 13.0. The normalized spacial score (nSPS) is 11.3. The van der Waals surface area contributed by atoms with Crippen LogP contribution in [0.1, 0.15) is 29.9 Å². The van der Waals surface area contributed by atoms with Gasteiger partial charge in [-0.2, -0.15) is 4.31 Å². The molecule has 2 aromatic carbocycles. The number of methoxy groups -OCH3 is 1. The molecule has 0 atom stereocenters. The Morgan fingerprint density at radius 1 is 1.03 bits per heavy atom. The van der Waals surface area contributed by atoms with Crippen LogP contribution in [0.2, 0.25) is 0 Å². The lowest BCUT2D eigenvalue weighted by Gasteiger charge is -2.20. The molecule has 0 fully saturated rings. The molecule has 0 spiro atoms. The van der Waals surface area contributed by atoms with E-state index < -0.39 is 15.9 Å². The third kappa shape index (κ3) is 5.88. The third-order valence-electron chi connectivity index (χ3n) is 4.95. The first-order chi connectivity index (χ1) is 15.9. The van der Waals surface area contributed by atoms with Crippen molar-refractivity contribution in [2.75, 3.05) is 25.5 Å². The minimum atomic E-state index is -3.81. The molecular formula is C24H27N3O5S. The van der Waals surface area contributed by atoms with E-state index in [2.05, 4.69) is 10.3 Å². The molecule has 3 rings (SSSR count). The van der Waals surface area contributed by atoms with Gasteiger partial charge in [0.25, 0.3) is 5.91 Å². The number of benzene rings is 2. The number of aromatic nitrogens is 1. The van der Waals surface area contributed by atoms with Gasteiger partial charge in [0.2, 0.25) is 10.0 Å². The Hall–Kier alpha value is -3.43. The Morgan fingerprint density at radius 3 is 2.48 bits per heavy atom. The quantitative estimate of drug-likeness (QED) is 0.483. The Kier molecular flexibility index (Phi) is 8.02. The molecule has 1 N–H and O–H groups in total. The maximum absolute atomic E-state index is 13.0. The minimum Gasteiger partial charge on any atom is -0.495 e. The fraction of sp³-hybridized carbons (Fsp3) is 0.250. The standard InChI is InChI=1S/C24H27N3O5S/c1-4-27(5-2)33(29,30)23-15-18(12-13-22(23)31-3)24(28)26-19-10-8-11-21(16-19)32-17-20-9-6-7-14-25-20/h6-16H,4-5,17H2,1-3H3,(H,26,28). The van der Waals surface area contributed by atoms with Crippen LogP contribution in [-0.2, 0) is 16.6 Å². The third-order valence-corrected chi connectivity index (χ3v) is 7.02. The number of hydrogen-bond acceptors (Lipinski definition) is 6. The van der Waals surface area contributed by atoms with Gasteiger partial charge in [-0.05, 0) is 42.5 Å². The number of rotatable bonds is 10. The number of nitrogens with one attached hydrogen (secondary N) is 1. The fourth-order valence-electron chi connectivity index (χ4n) is 3.23. The van der Waals surface area contributed by atoms with E-state index in [4.69, 9.17) is 9.47 Å². The van der Waals surface area contributed by atoms with E-state index >= 15 is 0 Å². The zero-order valence-corrected chi connectivity index (χ0v) is 19.6. The minimum absolute atomic E-state index is 0.0474. The van der Waals surface area contributed by atoms with E-state index in [-0.39, 0.29) is 16.2 Å². The van der Waals surface area contributed by atoms with E-state index in [0.717, 1.165) is 5.69 Å². The molecular weight excluding hydrogens is 442 g/mol. The van der Waals surface area contributed by atoms with E-state index in [1.54, 1.807) is 44.3 Å². The van der Waals surface area contributed by atoms with Gasteiger partial charge in [-0.1, -0.05) is 26.0 Å². The average Bonchev–Trinajstić information content (AvgIpc) is 2.83. The van der Waals surface area contributed by atoms with Gasteiger partial charge in [0.15, 0.2) is 0 Å². The lowest BCUT2D eigenvalue weighted by atomic mass is 10.2. The van der Waals surface area contributed by atoms with Crippen LogP contribution in [0, 0.1) is 0 Å². The smallest absolute Gasteiger partial charge is 0.255 e. The highest BCUT2D eigenvalue weighted by Gasteiger charge is 2.26. The Labute approximate surface area is 194 Å². The van der Waals surface area contributed by atoms with E-state index in [0.29, 0.717) is 31.1 Å². The van der Waals surface area contributed by atoms with Crippen LogP contribution < -0.4 is 14.8 Å². The second-order valence-corrected chi connectivity index (χ2v) is 8.95. The molecule has 1 aromatic heterocycles. The summed E-state index contributed by atoms with van der Waals surface area (Å²) in [4.78, 5) is 17.0. The molecule has 8 nitrogen and oxygen atoms in total. The predicted octanol–water partition coefficient (Wildman–Crippen LogP) is 3.95. The van der Waals surface area contributed by atoms with Crippen molar-refractivity contribution in [3.63, 3.8) is 0 Å². The highest BCUT2D eigenvalue weighted by molar-refractivity contribution is 7.89. The van der Waals surface area contributed by atoms with Gasteiger partial charge in [0.05, 0.1) is 12.8 Å². The number of ether oxygens (including phenoxy) is 2. The van der Waals surface area contributed by atoms with Crippen molar-refractivity contribution in [3.05, 3.63) is 78.1 Å². The number of nitrogens with zero attached hydrogens (tertiary/aromatic N) is 2. The molecule has 0 aliphatic heterocycles. The fourth-order valence-corrected chi connectivity index (χ4v) is 4.87. The first-order valence-corrected chi connectivity index (χ1v) is 11.9.